The number of phenolic OH excluding ortho intramolecular Hbond substituents is 1. The van der Waals surface area contributed by atoms with Crippen LogP contribution in [0.25, 0.3) is 0 Å². The molecule has 0 radical (unpaired) electrons. The fourth-order valence-electron chi connectivity index (χ4n) is 3.72. The van der Waals surface area contributed by atoms with E-state index in [0.29, 0.717) is 5.75 Å². The smallest absolute Gasteiger partial charge is 0.247 e. The SMILES string of the molecule is [NH3+][C@H](CCOc1ccc([C@H](C(=O)N[C@H]2CN([C@@H](C(=O)[O-])c3ccc(O)cc3)C2=O)N(O)O)cc1)C(=O)[O-]. The number of likely N-dealkylation sites (tertiary alicyclic amines) is 1. The first kappa shape index (κ1) is 27.3. The Labute approximate surface area is 210 Å². The number of carbonyl (C=O) groups is 4. The van der Waals surface area contributed by atoms with Gasteiger partial charge in [0.15, 0.2) is 6.04 Å². The van der Waals surface area contributed by atoms with E-state index in [1.165, 1.54) is 48.5 Å². The summed E-state index contributed by atoms with van der Waals surface area (Å²) in [4.78, 5) is 48.7. The van der Waals surface area contributed by atoms with Gasteiger partial charge in [-0.25, -0.2) is 0 Å². The maximum Gasteiger partial charge on any atom is 0.247 e. The number of aliphatic carboxylic acids is 2. The number of hydrogen-bond acceptors (Lipinski definition) is 11. The fourth-order valence-corrected chi connectivity index (χ4v) is 3.72. The lowest BCUT2D eigenvalue weighted by Gasteiger charge is -2.44. The van der Waals surface area contributed by atoms with Crippen molar-refractivity contribution in [2.45, 2.75) is 30.6 Å². The molecule has 198 valence electrons. The summed E-state index contributed by atoms with van der Waals surface area (Å²) in [6.07, 6.45) is 0.105. The number of ether oxygens (including phenoxy) is 1. The maximum atomic E-state index is 12.7. The van der Waals surface area contributed by atoms with Gasteiger partial charge in [-0.05, 0) is 35.4 Å². The molecule has 3 rings (SSSR count). The van der Waals surface area contributed by atoms with Gasteiger partial charge in [0.2, 0.25) is 11.8 Å². The van der Waals surface area contributed by atoms with Gasteiger partial charge < -0.3 is 45.6 Å². The Hall–Kier alpha value is -4.24. The third kappa shape index (κ3) is 6.50. The van der Waals surface area contributed by atoms with Crippen LogP contribution < -0.4 is 26.0 Å². The predicted molar refractivity (Wildman–Crippen MR) is 116 cm³/mol. The molecule has 4 atom stereocenters. The van der Waals surface area contributed by atoms with Crippen molar-refractivity contribution in [2.75, 3.05) is 13.2 Å². The van der Waals surface area contributed by atoms with Crippen LogP contribution in [-0.4, -0.2) is 74.6 Å². The van der Waals surface area contributed by atoms with Gasteiger partial charge in [0, 0.05) is 6.42 Å². The molecule has 0 unspecified atom stereocenters. The van der Waals surface area contributed by atoms with Crippen molar-refractivity contribution in [2.24, 2.45) is 0 Å². The van der Waals surface area contributed by atoms with E-state index in [0.717, 1.165) is 4.90 Å². The Morgan fingerprint density at radius 1 is 1.05 bits per heavy atom. The van der Waals surface area contributed by atoms with Crippen molar-refractivity contribution >= 4 is 23.8 Å². The molecule has 2 amide bonds. The minimum Gasteiger partial charge on any atom is -0.548 e. The summed E-state index contributed by atoms with van der Waals surface area (Å²) in [6.45, 7) is -0.144. The average molecular weight is 517 g/mol. The van der Waals surface area contributed by atoms with Gasteiger partial charge in [-0.3, -0.25) is 20.0 Å². The molecule has 1 fully saturated rings. The molecular formula is C23H25N4O10-. The highest BCUT2D eigenvalue weighted by atomic mass is 16.8. The lowest BCUT2D eigenvalue weighted by atomic mass is 9.97. The molecule has 1 heterocycles. The van der Waals surface area contributed by atoms with Crippen LogP contribution in [0.15, 0.2) is 48.5 Å². The summed E-state index contributed by atoms with van der Waals surface area (Å²) < 4.78 is 5.40. The number of aromatic hydroxyl groups is 1. The lowest BCUT2D eigenvalue weighted by Crippen LogP contribution is -2.68. The third-order valence-electron chi connectivity index (χ3n) is 5.76. The maximum absolute atomic E-state index is 12.7. The number of carbonyl (C=O) groups excluding carboxylic acids is 4. The summed E-state index contributed by atoms with van der Waals surface area (Å²) in [5.74, 6) is -4.29. The molecular weight excluding hydrogens is 492 g/mol. The van der Waals surface area contributed by atoms with E-state index in [9.17, 15) is 44.9 Å². The molecule has 1 aliphatic heterocycles. The van der Waals surface area contributed by atoms with Gasteiger partial charge in [0.1, 0.15) is 23.6 Å². The van der Waals surface area contributed by atoms with E-state index in [4.69, 9.17) is 4.74 Å². The van der Waals surface area contributed by atoms with Crippen LogP contribution in [-0.2, 0) is 19.2 Å². The second kappa shape index (κ2) is 11.7. The van der Waals surface area contributed by atoms with E-state index in [2.05, 4.69) is 11.1 Å². The summed E-state index contributed by atoms with van der Waals surface area (Å²) in [5, 5.41) is 53.1. The van der Waals surface area contributed by atoms with Gasteiger partial charge in [-0.1, -0.05) is 29.5 Å². The number of quaternary nitrogens is 1. The standard InChI is InChI=1S/C23H26N4O10/c24-16(22(31)32)9-10-37-15-7-3-12(4-8-15)18(27(35)36)20(29)25-17-11-26(21(17)30)19(23(33)34)13-1-5-14(28)6-2-13/h1-8,16-19,28,35-36H,9-11,24H2,(H,25,29)(H,31,32)(H,33,34)/p-1/t16-,17+,18-,19-/m1/s1. The van der Waals surface area contributed by atoms with E-state index < -0.39 is 47.9 Å². The highest BCUT2D eigenvalue weighted by Gasteiger charge is 2.44. The molecule has 0 aliphatic carbocycles. The van der Waals surface area contributed by atoms with Crippen LogP contribution in [0.4, 0.5) is 0 Å². The first-order chi connectivity index (χ1) is 17.5. The largest absolute Gasteiger partial charge is 0.548 e. The number of carboxylic acids is 2. The minimum atomic E-state index is -1.63. The van der Waals surface area contributed by atoms with Crippen LogP contribution in [0.5, 0.6) is 11.5 Å². The van der Waals surface area contributed by atoms with Crippen molar-refractivity contribution in [1.82, 2.24) is 15.4 Å². The normalized spacial score (nSPS) is 17.5. The number of hydroxylamine groups is 2. The summed E-state index contributed by atoms with van der Waals surface area (Å²) in [5.41, 5.74) is 3.73. The molecule has 2 aromatic rings. The van der Waals surface area contributed by atoms with Crippen LogP contribution in [0.3, 0.4) is 0 Å². The second-order valence-electron chi connectivity index (χ2n) is 8.31. The number of phenols is 1. The van der Waals surface area contributed by atoms with E-state index >= 15 is 0 Å². The monoisotopic (exact) mass is 517 g/mol. The number of amides is 2. The summed E-state index contributed by atoms with van der Waals surface area (Å²) in [7, 11) is 0. The van der Waals surface area contributed by atoms with Crippen LogP contribution in [0.1, 0.15) is 29.6 Å². The zero-order chi connectivity index (χ0) is 27.3. The van der Waals surface area contributed by atoms with Gasteiger partial charge in [-0.2, -0.15) is 0 Å². The van der Waals surface area contributed by atoms with Crippen molar-refractivity contribution in [3.63, 3.8) is 0 Å². The Morgan fingerprint density at radius 2 is 1.65 bits per heavy atom. The fraction of sp³-hybridized carbons (Fsp3) is 0.304. The molecule has 0 aromatic heterocycles. The summed E-state index contributed by atoms with van der Waals surface area (Å²) in [6, 6.07) is 5.63. The predicted octanol–water partition coefficient (Wildman–Crippen LogP) is -3.54. The average Bonchev–Trinajstić information content (AvgIpc) is 2.84. The number of nitrogens with one attached hydrogen (secondary N) is 1. The van der Waals surface area contributed by atoms with Crippen LogP contribution in [0.2, 0.25) is 0 Å². The molecule has 0 bridgehead atoms. The first-order valence-corrected chi connectivity index (χ1v) is 11.0. The van der Waals surface area contributed by atoms with Crippen LogP contribution in [0, 0.1) is 0 Å². The topological polar surface area (TPSA) is 230 Å². The third-order valence-corrected chi connectivity index (χ3v) is 5.76. The molecule has 14 heteroatoms. The van der Waals surface area contributed by atoms with E-state index in [1.54, 1.807) is 0 Å². The number of carboxylic acid groups (broad SMARTS) is 2. The molecule has 0 spiro atoms. The highest BCUT2D eigenvalue weighted by Crippen LogP contribution is 2.29. The number of nitrogens with zero attached hydrogens (tertiary/aromatic N) is 2. The van der Waals surface area contributed by atoms with Gasteiger partial charge >= 0.3 is 0 Å². The van der Waals surface area contributed by atoms with Crippen molar-refractivity contribution in [3.8, 4) is 11.5 Å². The first-order valence-electron chi connectivity index (χ1n) is 11.0. The van der Waals surface area contributed by atoms with Gasteiger partial charge in [0.25, 0.3) is 0 Å². The van der Waals surface area contributed by atoms with Crippen molar-refractivity contribution in [3.05, 3.63) is 59.7 Å². The molecule has 0 saturated carbocycles. The van der Waals surface area contributed by atoms with Crippen molar-refractivity contribution in [1.29, 1.82) is 0 Å². The number of β-lactam (4-membered cyclic amide) rings is 1. The van der Waals surface area contributed by atoms with E-state index in [1.807, 2.05) is 0 Å². The van der Waals surface area contributed by atoms with Gasteiger partial charge in [-0.15, -0.1) is 0 Å². The molecule has 7 N–H and O–H groups in total. The zero-order valence-electron chi connectivity index (χ0n) is 19.4. The van der Waals surface area contributed by atoms with Gasteiger partial charge in [0.05, 0.1) is 31.1 Å². The number of rotatable bonds is 12. The molecule has 14 nitrogen and oxygen atoms in total. The van der Waals surface area contributed by atoms with Crippen LogP contribution >= 0.6 is 0 Å². The molecule has 1 saturated heterocycles. The molecule has 2 aromatic carbocycles. The Morgan fingerprint density at radius 3 is 2.16 bits per heavy atom. The molecule has 1 aliphatic rings. The summed E-state index contributed by atoms with van der Waals surface area (Å²) >= 11 is 0. The minimum absolute atomic E-state index is 0.0365. The van der Waals surface area contributed by atoms with Crippen molar-refractivity contribution < 1.29 is 55.4 Å². The lowest BCUT2D eigenvalue weighted by molar-refractivity contribution is -0.438. The highest BCUT2D eigenvalue weighted by molar-refractivity contribution is 5.96. The quantitative estimate of drug-likeness (QED) is 0.137. The number of benzene rings is 2. The Balaban J connectivity index is 1.61. The second-order valence-corrected chi connectivity index (χ2v) is 8.31. The zero-order valence-corrected chi connectivity index (χ0v) is 19.4. The Kier molecular flexibility index (Phi) is 8.62. The Bertz CT molecular complexity index is 1140. The van der Waals surface area contributed by atoms with E-state index in [-0.39, 0.29) is 41.7 Å². The molecule has 37 heavy (non-hydrogen) atoms. The number of hydrogen-bond donors (Lipinski definition) is 5.